The number of sulfonamides is 1. The first kappa shape index (κ1) is 13.2. The number of nitrogens with two attached hydrogens (primary N) is 1. The third-order valence-corrected chi connectivity index (χ3v) is 5.12. The van der Waals surface area contributed by atoms with Gasteiger partial charge in [-0.05, 0) is 25.0 Å². The molecule has 1 aromatic rings. The average Bonchev–Trinajstić information content (AvgIpc) is 2.39. The summed E-state index contributed by atoms with van der Waals surface area (Å²) >= 11 is 0. The summed E-state index contributed by atoms with van der Waals surface area (Å²) in [6, 6.07) is 4.67. The van der Waals surface area contributed by atoms with Crippen LogP contribution in [0.1, 0.15) is 19.3 Å². The van der Waals surface area contributed by atoms with E-state index in [4.69, 9.17) is 10.5 Å². The van der Waals surface area contributed by atoms with Crippen LogP contribution in [0, 0.1) is 0 Å². The lowest BCUT2D eigenvalue weighted by molar-refractivity contribution is 0.347. The van der Waals surface area contributed by atoms with Gasteiger partial charge in [0.1, 0.15) is 10.6 Å². The highest BCUT2D eigenvalue weighted by atomic mass is 32.2. The van der Waals surface area contributed by atoms with E-state index in [2.05, 4.69) is 0 Å². The summed E-state index contributed by atoms with van der Waals surface area (Å²) in [6.45, 7) is 1.15. The lowest BCUT2D eigenvalue weighted by Crippen LogP contribution is -2.35. The fourth-order valence-corrected chi connectivity index (χ4v) is 3.75. The SMILES string of the molecule is COc1ccc(S(=O)(=O)N2CCCCC2)c(N)c1. The lowest BCUT2D eigenvalue weighted by Gasteiger charge is -2.26. The van der Waals surface area contributed by atoms with E-state index in [0.717, 1.165) is 19.3 Å². The van der Waals surface area contributed by atoms with E-state index in [-0.39, 0.29) is 10.6 Å². The van der Waals surface area contributed by atoms with Crippen molar-refractivity contribution in [2.24, 2.45) is 0 Å². The Morgan fingerprint density at radius 2 is 1.89 bits per heavy atom. The van der Waals surface area contributed by atoms with Gasteiger partial charge >= 0.3 is 0 Å². The van der Waals surface area contributed by atoms with Crippen molar-refractivity contribution in [1.29, 1.82) is 0 Å². The monoisotopic (exact) mass is 270 g/mol. The van der Waals surface area contributed by atoms with E-state index in [0.29, 0.717) is 18.8 Å². The molecular weight excluding hydrogens is 252 g/mol. The molecule has 0 unspecified atom stereocenters. The van der Waals surface area contributed by atoms with Crippen LogP contribution in [0.4, 0.5) is 5.69 Å². The number of ether oxygens (including phenoxy) is 1. The van der Waals surface area contributed by atoms with Crippen molar-refractivity contribution in [3.63, 3.8) is 0 Å². The smallest absolute Gasteiger partial charge is 0.245 e. The Morgan fingerprint density at radius 1 is 1.22 bits per heavy atom. The highest BCUT2D eigenvalue weighted by Gasteiger charge is 2.27. The molecule has 1 aliphatic heterocycles. The minimum absolute atomic E-state index is 0.171. The normalized spacial score (nSPS) is 17.6. The highest BCUT2D eigenvalue weighted by Crippen LogP contribution is 2.28. The Balaban J connectivity index is 2.34. The van der Waals surface area contributed by atoms with Gasteiger partial charge in [-0.3, -0.25) is 0 Å². The Bertz CT molecular complexity index is 522. The minimum Gasteiger partial charge on any atom is -0.497 e. The van der Waals surface area contributed by atoms with Crippen molar-refractivity contribution >= 4 is 15.7 Å². The van der Waals surface area contributed by atoms with Gasteiger partial charge in [0.25, 0.3) is 0 Å². The molecule has 2 N–H and O–H groups in total. The highest BCUT2D eigenvalue weighted by molar-refractivity contribution is 7.89. The second-order valence-electron chi connectivity index (χ2n) is 4.37. The second kappa shape index (κ2) is 5.16. The van der Waals surface area contributed by atoms with E-state index < -0.39 is 10.0 Å². The summed E-state index contributed by atoms with van der Waals surface area (Å²) in [4.78, 5) is 0.171. The standard InChI is InChI=1S/C12H18N2O3S/c1-17-10-5-6-12(11(13)9-10)18(15,16)14-7-3-2-4-8-14/h5-6,9H,2-4,7-8,13H2,1H3. The number of rotatable bonds is 3. The summed E-state index contributed by atoms with van der Waals surface area (Å²) < 4.78 is 31.4. The van der Waals surface area contributed by atoms with Gasteiger partial charge in [-0.25, -0.2) is 8.42 Å². The van der Waals surface area contributed by atoms with Gasteiger partial charge in [0.05, 0.1) is 12.8 Å². The molecule has 6 heteroatoms. The molecule has 100 valence electrons. The van der Waals surface area contributed by atoms with Crippen LogP contribution in [0.3, 0.4) is 0 Å². The van der Waals surface area contributed by atoms with Crippen LogP contribution in [0.2, 0.25) is 0 Å². The fourth-order valence-electron chi connectivity index (χ4n) is 2.13. The molecule has 5 nitrogen and oxygen atoms in total. The van der Waals surface area contributed by atoms with Crippen LogP contribution >= 0.6 is 0 Å². The molecule has 1 saturated heterocycles. The van der Waals surface area contributed by atoms with Crippen molar-refractivity contribution in [3.05, 3.63) is 18.2 Å². The Hall–Kier alpha value is -1.27. The van der Waals surface area contributed by atoms with Crippen LogP contribution in [0.15, 0.2) is 23.1 Å². The number of anilines is 1. The summed E-state index contributed by atoms with van der Waals surface area (Å²) in [5.41, 5.74) is 6.04. The third-order valence-electron chi connectivity index (χ3n) is 3.15. The molecule has 0 spiro atoms. The topological polar surface area (TPSA) is 72.6 Å². The molecule has 18 heavy (non-hydrogen) atoms. The first-order valence-electron chi connectivity index (χ1n) is 5.99. The summed E-state index contributed by atoms with van der Waals surface area (Å²) in [5, 5.41) is 0. The van der Waals surface area contributed by atoms with Crippen molar-refractivity contribution in [2.75, 3.05) is 25.9 Å². The van der Waals surface area contributed by atoms with Gasteiger partial charge in [0.15, 0.2) is 0 Å². The number of nitrogen functional groups attached to an aromatic ring is 1. The van der Waals surface area contributed by atoms with Gasteiger partial charge in [-0.1, -0.05) is 6.42 Å². The first-order valence-corrected chi connectivity index (χ1v) is 7.43. The van der Waals surface area contributed by atoms with Crippen LogP contribution < -0.4 is 10.5 Å². The van der Waals surface area contributed by atoms with Gasteiger partial charge in [-0.2, -0.15) is 4.31 Å². The number of nitrogens with zero attached hydrogens (tertiary/aromatic N) is 1. The molecule has 1 fully saturated rings. The maximum Gasteiger partial charge on any atom is 0.245 e. The van der Waals surface area contributed by atoms with Gasteiger partial charge in [0.2, 0.25) is 10.0 Å². The van der Waals surface area contributed by atoms with Crippen molar-refractivity contribution in [1.82, 2.24) is 4.31 Å². The third kappa shape index (κ3) is 2.44. The molecule has 0 amide bonds. The molecule has 0 aliphatic carbocycles. The average molecular weight is 270 g/mol. The van der Waals surface area contributed by atoms with Crippen molar-refractivity contribution in [2.45, 2.75) is 24.2 Å². The van der Waals surface area contributed by atoms with E-state index in [1.165, 1.54) is 23.5 Å². The van der Waals surface area contributed by atoms with Crippen molar-refractivity contribution < 1.29 is 13.2 Å². The van der Waals surface area contributed by atoms with E-state index >= 15 is 0 Å². The predicted octanol–water partition coefficient (Wildman–Crippen LogP) is 1.45. The van der Waals surface area contributed by atoms with Crippen molar-refractivity contribution in [3.8, 4) is 5.75 Å². The largest absolute Gasteiger partial charge is 0.497 e. The first-order chi connectivity index (χ1) is 8.55. The minimum atomic E-state index is -3.46. The molecule has 1 aromatic carbocycles. The number of hydrogen-bond donors (Lipinski definition) is 1. The van der Waals surface area contributed by atoms with Crippen LogP contribution in [-0.2, 0) is 10.0 Å². The maximum absolute atomic E-state index is 12.4. The quantitative estimate of drug-likeness (QED) is 0.844. The summed E-state index contributed by atoms with van der Waals surface area (Å²) in [6.07, 6.45) is 2.91. The van der Waals surface area contributed by atoms with E-state index in [9.17, 15) is 8.42 Å². The van der Waals surface area contributed by atoms with Gasteiger partial charge in [-0.15, -0.1) is 0 Å². The lowest BCUT2D eigenvalue weighted by atomic mass is 10.2. The predicted molar refractivity (Wildman–Crippen MR) is 70.0 cm³/mol. The zero-order valence-electron chi connectivity index (χ0n) is 10.4. The summed E-state index contributed by atoms with van der Waals surface area (Å²) in [5.74, 6) is 0.560. The molecule has 0 bridgehead atoms. The maximum atomic E-state index is 12.4. The van der Waals surface area contributed by atoms with Crippen LogP contribution in [-0.4, -0.2) is 32.9 Å². The number of piperidine rings is 1. The second-order valence-corrected chi connectivity index (χ2v) is 6.27. The summed E-state index contributed by atoms with van der Waals surface area (Å²) in [7, 11) is -1.94. The van der Waals surface area contributed by atoms with Crippen LogP contribution in [0.5, 0.6) is 5.75 Å². The Labute approximate surface area is 108 Å². The molecule has 1 aliphatic rings. The molecular formula is C12H18N2O3S. The van der Waals surface area contributed by atoms with Gasteiger partial charge in [0, 0.05) is 19.2 Å². The molecule has 0 saturated carbocycles. The number of methoxy groups -OCH3 is 1. The molecule has 0 aromatic heterocycles. The zero-order valence-corrected chi connectivity index (χ0v) is 11.2. The number of benzene rings is 1. The zero-order chi connectivity index (χ0) is 13.2. The number of hydrogen-bond acceptors (Lipinski definition) is 4. The Morgan fingerprint density at radius 3 is 2.44 bits per heavy atom. The molecule has 2 rings (SSSR count). The van der Waals surface area contributed by atoms with Crippen LogP contribution in [0.25, 0.3) is 0 Å². The molecule has 0 radical (unpaired) electrons. The Kier molecular flexibility index (Phi) is 3.77. The fraction of sp³-hybridized carbons (Fsp3) is 0.500. The van der Waals surface area contributed by atoms with E-state index in [1.54, 1.807) is 6.07 Å². The molecule has 1 heterocycles. The van der Waals surface area contributed by atoms with E-state index in [1.807, 2.05) is 0 Å². The van der Waals surface area contributed by atoms with Gasteiger partial charge < -0.3 is 10.5 Å². The molecule has 0 atom stereocenters.